The summed E-state index contributed by atoms with van der Waals surface area (Å²) in [6.45, 7) is 17.3. The second-order valence-corrected chi connectivity index (χ2v) is 6.51. The van der Waals surface area contributed by atoms with Crippen molar-refractivity contribution in [1.82, 2.24) is 0 Å². The quantitative estimate of drug-likeness (QED) is 0.529. The average Bonchev–Trinajstić information content (AvgIpc) is 2.11. The lowest BCUT2D eigenvalue weighted by Gasteiger charge is -2.85. The molecule has 2 saturated carbocycles. The highest BCUT2D eigenvalue weighted by Gasteiger charge is 2.80. The fraction of sp³-hybridized carbons (Fsp3) is 1.00. The van der Waals surface area contributed by atoms with Crippen LogP contribution in [0.4, 0.5) is 0 Å². The molecule has 76 valence electrons. The molecule has 0 aromatic heterocycles. The van der Waals surface area contributed by atoms with Crippen molar-refractivity contribution in [1.29, 1.82) is 0 Å². The second-order valence-electron chi connectivity index (χ2n) is 6.51. The van der Waals surface area contributed by atoms with Crippen LogP contribution in [0.15, 0.2) is 0 Å². The maximum Gasteiger partial charge on any atom is -0.0184 e. The zero-order chi connectivity index (χ0) is 10.2. The van der Waals surface area contributed by atoms with Crippen molar-refractivity contribution in [3.05, 3.63) is 0 Å². The molecule has 0 radical (unpaired) electrons. The van der Waals surface area contributed by atoms with Gasteiger partial charge in [-0.05, 0) is 34.0 Å². The summed E-state index contributed by atoms with van der Waals surface area (Å²) in [5.74, 6) is 2.71. The summed E-state index contributed by atoms with van der Waals surface area (Å²) in [6.07, 6.45) is 0. The van der Waals surface area contributed by atoms with Crippen molar-refractivity contribution in [2.75, 3.05) is 0 Å². The molecule has 0 aliphatic heterocycles. The first-order valence-corrected chi connectivity index (χ1v) is 5.72. The lowest BCUT2D eigenvalue weighted by molar-refractivity contribution is -0.376. The molecule has 0 nitrogen and oxygen atoms in total. The third kappa shape index (κ3) is 0.567. The maximum absolute atomic E-state index is 2.51. The summed E-state index contributed by atoms with van der Waals surface area (Å²) in [5.41, 5.74) is 1.77. The maximum atomic E-state index is 2.51. The first-order chi connectivity index (χ1) is 5.72. The highest BCUT2D eigenvalue weighted by molar-refractivity contribution is 5.27. The highest BCUT2D eigenvalue weighted by atomic mass is 14.8. The fourth-order valence-electron chi connectivity index (χ4n) is 5.13. The highest BCUT2D eigenvalue weighted by Crippen LogP contribution is 2.85. The molecule has 0 amide bonds. The predicted molar refractivity (Wildman–Crippen MR) is 57.5 cm³/mol. The Kier molecular flexibility index (Phi) is 1.46. The van der Waals surface area contributed by atoms with Crippen LogP contribution in [0.2, 0.25) is 0 Å². The standard InChI is InChI=1S/C13H24/c1-8-9(2)13(7)11(4,5)10(3)12(8,13)6/h8-10H,1-7H3. The number of hydrogen-bond acceptors (Lipinski definition) is 0. The molecular weight excluding hydrogens is 156 g/mol. The Morgan fingerprint density at radius 3 is 1.62 bits per heavy atom. The second kappa shape index (κ2) is 1.99. The van der Waals surface area contributed by atoms with E-state index in [1.54, 1.807) is 0 Å². The van der Waals surface area contributed by atoms with Gasteiger partial charge in [-0.1, -0.05) is 48.5 Å². The van der Waals surface area contributed by atoms with E-state index in [1.165, 1.54) is 0 Å². The Labute approximate surface area is 83.1 Å². The van der Waals surface area contributed by atoms with Crippen LogP contribution in [0.3, 0.4) is 0 Å². The van der Waals surface area contributed by atoms with Gasteiger partial charge in [0.1, 0.15) is 0 Å². The predicted octanol–water partition coefficient (Wildman–Crippen LogP) is 3.96. The normalized spacial score (nSPS) is 63.5. The van der Waals surface area contributed by atoms with Gasteiger partial charge in [-0.25, -0.2) is 0 Å². The molecule has 5 unspecified atom stereocenters. The van der Waals surface area contributed by atoms with Crippen molar-refractivity contribution in [2.24, 2.45) is 34.0 Å². The van der Waals surface area contributed by atoms with E-state index >= 15 is 0 Å². The van der Waals surface area contributed by atoms with Crippen molar-refractivity contribution in [2.45, 2.75) is 48.5 Å². The SMILES string of the molecule is CC1C(C)C2(C)C(C)(C)C(C)C12C. The van der Waals surface area contributed by atoms with E-state index in [2.05, 4.69) is 48.5 Å². The van der Waals surface area contributed by atoms with E-state index in [1.807, 2.05) is 0 Å². The van der Waals surface area contributed by atoms with Gasteiger partial charge in [0.2, 0.25) is 0 Å². The smallest absolute Gasteiger partial charge is 0.0184 e. The van der Waals surface area contributed by atoms with Gasteiger partial charge in [-0.2, -0.15) is 0 Å². The number of rotatable bonds is 0. The van der Waals surface area contributed by atoms with E-state index in [0.717, 1.165) is 17.8 Å². The zero-order valence-electron chi connectivity index (χ0n) is 10.2. The number of fused-ring (bicyclic) bond motifs is 1. The van der Waals surface area contributed by atoms with Gasteiger partial charge < -0.3 is 0 Å². The molecule has 2 aliphatic rings. The summed E-state index contributed by atoms with van der Waals surface area (Å²) < 4.78 is 0. The minimum absolute atomic E-state index is 0.549. The van der Waals surface area contributed by atoms with Crippen molar-refractivity contribution < 1.29 is 0 Å². The minimum Gasteiger partial charge on any atom is -0.0617 e. The van der Waals surface area contributed by atoms with Gasteiger partial charge in [0.15, 0.2) is 0 Å². The van der Waals surface area contributed by atoms with Crippen LogP contribution < -0.4 is 0 Å². The Morgan fingerprint density at radius 1 is 0.769 bits per heavy atom. The molecule has 0 heterocycles. The van der Waals surface area contributed by atoms with Crippen LogP contribution in [-0.2, 0) is 0 Å². The molecule has 0 heteroatoms. The summed E-state index contributed by atoms with van der Waals surface area (Å²) in [7, 11) is 0. The van der Waals surface area contributed by atoms with Crippen LogP contribution in [0, 0.1) is 34.0 Å². The Bertz CT molecular complexity index is 253. The van der Waals surface area contributed by atoms with Crippen LogP contribution in [0.25, 0.3) is 0 Å². The molecular formula is C13H24. The van der Waals surface area contributed by atoms with Gasteiger partial charge in [0.25, 0.3) is 0 Å². The third-order valence-electron chi connectivity index (χ3n) is 7.05. The molecule has 0 spiro atoms. The molecule has 5 atom stereocenters. The molecule has 0 aromatic rings. The topological polar surface area (TPSA) is 0 Å². The molecule has 0 saturated heterocycles. The van der Waals surface area contributed by atoms with E-state index in [-0.39, 0.29) is 0 Å². The van der Waals surface area contributed by atoms with Gasteiger partial charge in [-0.15, -0.1) is 0 Å². The van der Waals surface area contributed by atoms with Crippen molar-refractivity contribution in [3.63, 3.8) is 0 Å². The van der Waals surface area contributed by atoms with E-state index in [4.69, 9.17) is 0 Å². The molecule has 2 aliphatic carbocycles. The molecule has 0 aromatic carbocycles. The molecule has 0 N–H and O–H groups in total. The fourth-order valence-corrected chi connectivity index (χ4v) is 5.13. The largest absolute Gasteiger partial charge is 0.0617 e. The van der Waals surface area contributed by atoms with Gasteiger partial charge >= 0.3 is 0 Å². The van der Waals surface area contributed by atoms with Crippen molar-refractivity contribution >= 4 is 0 Å². The monoisotopic (exact) mass is 180 g/mol. The Balaban J connectivity index is 2.41. The van der Waals surface area contributed by atoms with Gasteiger partial charge in [-0.3, -0.25) is 0 Å². The lowest BCUT2D eigenvalue weighted by atomic mass is 9.19. The Hall–Kier alpha value is 0. The summed E-state index contributed by atoms with van der Waals surface area (Å²) >= 11 is 0. The summed E-state index contributed by atoms with van der Waals surface area (Å²) in [6, 6.07) is 0. The average molecular weight is 180 g/mol. The number of hydrogen-bond donors (Lipinski definition) is 0. The molecule has 0 bridgehead atoms. The van der Waals surface area contributed by atoms with Crippen LogP contribution >= 0.6 is 0 Å². The zero-order valence-corrected chi connectivity index (χ0v) is 10.2. The summed E-state index contributed by atoms with van der Waals surface area (Å²) in [5, 5.41) is 0. The van der Waals surface area contributed by atoms with Crippen LogP contribution in [0.1, 0.15) is 48.5 Å². The van der Waals surface area contributed by atoms with E-state index < -0.39 is 0 Å². The minimum atomic E-state index is 0.549. The van der Waals surface area contributed by atoms with Gasteiger partial charge in [0.05, 0.1) is 0 Å². The van der Waals surface area contributed by atoms with Crippen molar-refractivity contribution in [3.8, 4) is 0 Å². The van der Waals surface area contributed by atoms with E-state index in [0.29, 0.717) is 16.2 Å². The lowest BCUT2D eigenvalue weighted by Crippen LogP contribution is -2.80. The van der Waals surface area contributed by atoms with Crippen LogP contribution in [-0.4, -0.2) is 0 Å². The molecule has 2 fully saturated rings. The molecule has 2 rings (SSSR count). The summed E-state index contributed by atoms with van der Waals surface area (Å²) in [4.78, 5) is 0. The first-order valence-electron chi connectivity index (χ1n) is 5.72. The van der Waals surface area contributed by atoms with Gasteiger partial charge in [0, 0.05) is 0 Å². The van der Waals surface area contributed by atoms with Crippen LogP contribution in [0.5, 0.6) is 0 Å². The molecule has 13 heavy (non-hydrogen) atoms. The Morgan fingerprint density at radius 2 is 1.23 bits per heavy atom. The van der Waals surface area contributed by atoms with E-state index in [9.17, 15) is 0 Å². The third-order valence-corrected chi connectivity index (χ3v) is 7.05. The first kappa shape index (κ1) is 9.55.